The van der Waals surface area contributed by atoms with E-state index >= 15 is 0 Å². The van der Waals surface area contributed by atoms with Crippen molar-refractivity contribution in [3.8, 4) is 0 Å². The quantitative estimate of drug-likeness (QED) is 0.675. The molecule has 2 aromatic rings. The lowest BCUT2D eigenvalue weighted by Crippen LogP contribution is -2.23. The Morgan fingerprint density at radius 1 is 1.29 bits per heavy atom. The lowest BCUT2D eigenvalue weighted by Gasteiger charge is -2.15. The molecule has 0 amide bonds. The molecule has 1 aliphatic rings. The van der Waals surface area contributed by atoms with Crippen LogP contribution < -0.4 is 11.1 Å². The standard InChI is InChI=1S/C15H18N4O.ClH/c16-15(17-10-12-5-3-9-20-12)19-14-8-7-11-4-1-2-6-13(11)18-14;/h3,5,7-9H,1-2,4,6,10H2,(H3,16,17,18,19);1H. The molecule has 0 saturated carbocycles. The summed E-state index contributed by atoms with van der Waals surface area (Å²) in [6.45, 7) is 0.427. The molecule has 0 unspecified atom stereocenters. The molecule has 0 saturated heterocycles. The van der Waals surface area contributed by atoms with Crippen molar-refractivity contribution in [1.82, 2.24) is 4.98 Å². The van der Waals surface area contributed by atoms with Gasteiger partial charge in [-0.3, -0.25) is 0 Å². The van der Waals surface area contributed by atoms with E-state index in [0.29, 0.717) is 12.5 Å². The van der Waals surface area contributed by atoms with Gasteiger partial charge in [-0.25, -0.2) is 9.98 Å². The zero-order chi connectivity index (χ0) is 13.8. The Balaban J connectivity index is 0.00000161. The van der Waals surface area contributed by atoms with Crippen LogP contribution in [0.25, 0.3) is 0 Å². The van der Waals surface area contributed by atoms with E-state index in [1.807, 2.05) is 18.2 Å². The highest BCUT2D eigenvalue weighted by Crippen LogP contribution is 2.20. The molecule has 0 spiro atoms. The third-order valence-corrected chi connectivity index (χ3v) is 3.42. The summed E-state index contributed by atoms with van der Waals surface area (Å²) in [4.78, 5) is 8.83. The predicted molar refractivity (Wildman–Crippen MR) is 85.8 cm³/mol. The number of aryl methyl sites for hydroxylation is 2. The van der Waals surface area contributed by atoms with Crippen LogP contribution >= 0.6 is 12.4 Å². The minimum Gasteiger partial charge on any atom is -0.467 e. The second-order valence-corrected chi connectivity index (χ2v) is 4.92. The Morgan fingerprint density at radius 3 is 2.95 bits per heavy atom. The summed E-state index contributed by atoms with van der Waals surface area (Å²) in [7, 11) is 0. The van der Waals surface area contributed by atoms with Gasteiger partial charge in [0.2, 0.25) is 0 Å². The van der Waals surface area contributed by atoms with E-state index < -0.39 is 0 Å². The van der Waals surface area contributed by atoms with Gasteiger partial charge in [0.15, 0.2) is 5.96 Å². The number of nitrogens with one attached hydrogen (secondary N) is 1. The lowest BCUT2D eigenvalue weighted by atomic mass is 9.96. The minimum absolute atomic E-state index is 0. The number of fused-ring (bicyclic) bond motifs is 1. The number of rotatable bonds is 3. The smallest absolute Gasteiger partial charge is 0.194 e. The zero-order valence-electron chi connectivity index (χ0n) is 11.7. The second kappa shape index (κ2) is 7.13. The maximum absolute atomic E-state index is 5.86. The van der Waals surface area contributed by atoms with E-state index in [1.165, 1.54) is 24.1 Å². The number of guanidine groups is 1. The number of nitrogens with two attached hydrogens (primary N) is 1. The number of anilines is 1. The second-order valence-electron chi connectivity index (χ2n) is 4.92. The van der Waals surface area contributed by atoms with Crippen LogP contribution in [0.4, 0.5) is 5.82 Å². The number of hydrogen-bond donors (Lipinski definition) is 2. The van der Waals surface area contributed by atoms with Crippen molar-refractivity contribution in [2.24, 2.45) is 10.7 Å². The number of aliphatic imine (C=N–C) groups is 1. The molecule has 2 aromatic heterocycles. The number of aromatic nitrogens is 1. The van der Waals surface area contributed by atoms with E-state index in [0.717, 1.165) is 24.4 Å². The number of hydrogen-bond acceptors (Lipinski definition) is 3. The monoisotopic (exact) mass is 306 g/mol. The number of nitrogens with zero attached hydrogens (tertiary/aromatic N) is 2. The van der Waals surface area contributed by atoms with Gasteiger partial charge in [-0.1, -0.05) is 6.07 Å². The van der Waals surface area contributed by atoms with Crippen LogP contribution in [-0.4, -0.2) is 10.9 Å². The molecular weight excluding hydrogens is 288 g/mol. The zero-order valence-corrected chi connectivity index (χ0v) is 12.5. The maximum atomic E-state index is 5.86. The molecule has 0 radical (unpaired) electrons. The number of halogens is 1. The van der Waals surface area contributed by atoms with Crippen LogP contribution in [0, 0.1) is 0 Å². The third kappa shape index (κ3) is 3.98. The van der Waals surface area contributed by atoms with Crippen molar-refractivity contribution in [2.75, 3.05) is 5.32 Å². The van der Waals surface area contributed by atoms with Crippen molar-refractivity contribution in [2.45, 2.75) is 32.2 Å². The summed E-state index contributed by atoms with van der Waals surface area (Å²) < 4.78 is 5.20. The maximum Gasteiger partial charge on any atom is 0.194 e. The molecule has 0 fully saturated rings. The first-order chi connectivity index (χ1) is 9.81. The topological polar surface area (TPSA) is 76.4 Å². The molecule has 0 bridgehead atoms. The first kappa shape index (κ1) is 15.4. The van der Waals surface area contributed by atoms with Gasteiger partial charge in [-0.05, 0) is 49.4 Å². The van der Waals surface area contributed by atoms with Crippen molar-refractivity contribution >= 4 is 24.2 Å². The molecule has 0 aromatic carbocycles. The first-order valence-corrected chi connectivity index (χ1v) is 6.89. The third-order valence-electron chi connectivity index (χ3n) is 3.42. The summed E-state index contributed by atoms with van der Waals surface area (Å²) in [5.74, 6) is 1.89. The molecule has 0 aliphatic heterocycles. The summed E-state index contributed by atoms with van der Waals surface area (Å²) in [5.41, 5.74) is 8.39. The van der Waals surface area contributed by atoms with Crippen molar-refractivity contribution in [3.63, 3.8) is 0 Å². The van der Waals surface area contributed by atoms with Gasteiger partial charge in [0.05, 0.1) is 6.26 Å². The Morgan fingerprint density at radius 2 is 2.14 bits per heavy atom. The number of pyridine rings is 1. The van der Waals surface area contributed by atoms with Crippen LogP contribution in [0.1, 0.15) is 29.9 Å². The van der Waals surface area contributed by atoms with Gasteiger partial charge in [-0.2, -0.15) is 0 Å². The van der Waals surface area contributed by atoms with Crippen LogP contribution in [0.3, 0.4) is 0 Å². The van der Waals surface area contributed by atoms with Gasteiger partial charge in [0.1, 0.15) is 18.1 Å². The first-order valence-electron chi connectivity index (χ1n) is 6.89. The van der Waals surface area contributed by atoms with E-state index in [-0.39, 0.29) is 12.4 Å². The van der Waals surface area contributed by atoms with Gasteiger partial charge in [-0.15, -0.1) is 12.4 Å². The van der Waals surface area contributed by atoms with E-state index in [4.69, 9.17) is 10.2 Å². The molecule has 1 aliphatic carbocycles. The van der Waals surface area contributed by atoms with E-state index in [1.54, 1.807) is 6.26 Å². The summed E-state index contributed by atoms with van der Waals surface area (Å²) in [6.07, 6.45) is 6.28. The highest BCUT2D eigenvalue weighted by atomic mass is 35.5. The van der Waals surface area contributed by atoms with Crippen molar-refractivity contribution < 1.29 is 4.42 Å². The highest BCUT2D eigenvalue weighted by Gasteiger charge is 2.11. The Kier molecular flexibility index (Phi) is 5.22. The molecule has 112 valence electrons. The van der Waals surface area contributed by atoms with E-state index in [9.17, 15) is 0 Å². The highest BCUT2D eigenvalue weighted by molar-refractivity contribution is 5.91. The fourth-order valence-corrected chi connectivity index (χ4v) is 2.39. The van der Waals surface area contributed by atoms with Crippen LogP contribution in [0.2, 0.25) is 0 Å². The Labute approximate surface area is 130 Å². The SMILES string of the molecule is Cl.NC(=NCc1ccco1)Nc1ccc2c(n1)CCCC2. The van der Waals surface area contributed by atoms with Crippen molar-refractivity contribution in [3.05, 3.63) is 47.5 Å². The van der Waals surface area contributed by atoms with Gasteiger partial charge in [0, 0.05) is 5.69 Å². The number of furan rings is 1. The summed E-state index contributed by atoms with van der Waals surface area (Å²) >= 11 is 0. The molecule has 5 nitrogen and oxygen atoms in total. The summed E-state index contributed by atoms with van der Waals surface area (Å²) in [6, 6.07) is 7.79. The average molecular weight is 307 g/mol. The average Bonchev–Trinajstić information content (AvgIpc) is 2.98. The minimum atomic E-state index is 0. The van der Waals surface area contributed by atoms with Crippen LogP contribution in [0.15, 0.2) is 39.9 Å². The van der Waals surface area contributed by atoms with E-state index in [2.05, 4.69) is 21.4 Å². The van der Waals surface area contributed by atoms with Crippen LogP contribution in [-0.2, 0) is 19.4 Å². The molecule has 0 atom stereocenters. The summed E-state index contributed by atoms with van der Waals surface area (Å²) in [5, 5.41) is 3.03. The largest absolute Gasteiger partial charge is 0.467 e. The van der Waals surface area contributed by atoms with Gasteiger partial charge >= 0.3 is 0 Å². The molecule has 3 N–H and O–H groups in total. The van der Waals surface area contributed by atoms with Gasteiger partial charge < -0.3 is 15.5 Å². The molecule has 2 heterocycles. The lowest BCUT2D eigenvalue weighted by molar-refractivity contribution is 0.513. The fourth-order valence-electron chi connectivity index (χ4n) is 2.39. The molecule has 3 rings (SSSR count). The van der Waals surface area contributed by atoms with Crippen LogP contribution in [0.5, 0.6) is 0 Å². The van der Waals surface area contributed by atoms with Crippen molar-refractivity contribution in [1.29, 1.82) is 0 Å². The molecule has 6 heteroatoms. The fraction of sp³-hybridized carbons (Fsp3) is 0.333. The molecular formula is C15H19ClN4O. The van der Waals surface area contributed by atoms with Gasteiger partial charge in [0.25, 0.3) is 0 Å². The predicted octanol–water partition coefficient (Wildman–Crippen LogP) is 2.90. The Bertz CT molecular complexity index is 610. The normalized spacial score (nSPS) is 14.2. The molecule has 21 heavy (non-hydrogen) atoms. The Hall–Kier alpha value is -2.01.